The van der Waals surface area contributed by atoms with Crippen LogP contribution in [-0.2, 0) is 14.3 Å². The number of aryl methyl sites for hydroxylation is 1. The second-order valence-corrected chi connectivity index (χ2v) is 11.8. The van der Waals surface area contributed by atoms with E-state index in [1.54, 1.807) is 18.3 Å². The van der Waals surface area contributed by atoms with Gasteiger partial charge in [-0.3, -0.25) is 4.98 Å². The van der Waals surface area contributed by atoms with Gasteiger partial charge in [0.05, 0.1) is 22.4 Å². The fourth-order valence-corrected chi connectivity index (χ4v) is 4.55. The third-order valence-electron chi connectivity index (χ3n) is 6.26. The zero-order valence-electron chi connectivity index (χ0n) is 22.2. The van der Waals surface area contributed by atoms with Gasteiger partial charge >= 0.3 is 5.97 Å². The number of nitrogens with zero attached hydrogens (tertiary/aromatic N) is 2. The molecule has 1 aliphatic heterocycles. The van der Waals surface area contributed by atoms with Crippen LogP contribution in [0.3, 0.4) is 0 Å². The number of carbonyl (C=O) groups excluding carboxylic acids is 1. The monoisotopic (exact) mass is 504 g/mol. The molecule has 2 heterocycles. The smallest absolute Gasteiger partial charge is 0.340 e. The molecule has 1 aliphatic rings. The van der Waals surface area contributed by atoms with Gasteiger partial charge in [-0.25, -0.2) is 9.18 Å². The van der Waals surface area contributed by atoms with Crippen molar-refractivity contribution in [1.29, 1.82) is 0 Å². The van der Waals surface area contributed by atoms with Crippen LogP contribution in [0.1, 0.15) is 78.7 Å². The van der Waals surface area contributed by atoms with E-state index < -0.39 is 23.5 Å². The Bertz CT molecular complexity index is 1070. The Labute approximate surface area is 214 Å². The number of pyridine rings is 1. The maximum absolute atomic E-state index is 15.3. The van der Waals surface area contributed by atoms with E-state index in [0.717, 1.165) is 31.6 Å². The third kappa shape index (κ3) is 6.53. The molecule has 0 unspecified atom stereocenters. The van der Waals surface area contributed by atoms with Crippen LogP contribution in [-0.4, -0.2) is 35.7 Å². The van der Waals surface area contributed by atoms with Gasteiger partial charge in [-0.15, -0.1) is 0 Å². The fraction of sp³-hybridized carbons (Fsp3) is 0.571. The van der Waals surface area contributed by atoms with Crippen LogP contribution in [0.25, 0.3) is 11.1 Å². The lowest BCUT2D eigenvalue weighted by atomic mass is 9.82. The van der Waals surface area contributed by atoms with E-state index in [-0.39, 0.29) is 16.5 Å². The van der Waals surface area contributed by atoms with Gasteiger partial charge in [0.15, 0.2) is 6.10 Å². The van der Waals surface area contributed by atoms with Crippen LogP contribution in [0.15, 0.2) is 24.4 Å². The topological polar surface area (TPSA) is 51.7 Å². The molecule has 1 aromatic heterocycles. The van der Waals surface area contributed by atoms with Crippen molar-refractivity contribution in [3.05, 3.63) is 46.5 Å². The molecule has 2 aromatic rings. The van der Waals surface area contributed by atoms with E-state index in [9.17, 15) is 4.79 Å². The van der Waals surface area contributed by atoms with Gasteiger partial charge in [0.25, 0.3) is 0 Å². The number of halogens is 2. The van der Waals surface area contributed by atoms with Crippen LogP contribution in [0.2, 0.25) is 5.02 Å². The average Bonchev–Trinajstić information content (AvgIpc) is 2.73. The first-order valence-electron chi connectivity index (χ1n) is 12.3. The van der Waals surface area contributed by atoms with Gasteiger partial charge in [0.2, 0.25) is 0 Å². The lowest BCUT2D eigenvalue weighted by Gasteiger charge is -2.41. The zero-order valence-corrected chi connectivity index (χ0v) is 22.9. The molecule has 0 spiro atoms. The number of esters is 1. The summed E-state index contributed by atoms with van der Waals surface area (Å²) in [6, 6.07) is 4.94. The molecular weight excluding hydrogens is 467 g/mol. The summed E-state index contributed by atoms with van der Waals surface area (Å²) in [4.78, 5) is 20.2. The molecule has 5 nitrogen and oxygen atoms in total. The summed E-state index contributed by atoms with van der Waals surface area (Å²) < 4.78 is 27.2. The van der Waals surface area contributed by atoms with Crippen molar-refractivity contribution in [2.75, 3.05) is 18.0 Å². The second kappa shape index (κ2) is 10.4. The maximum atomic E-state index is 15.3. The van der Waals surface area contributed by atoms with Crippen LogP contribution < -0.4 is 4.90 Å². The summed E-state index contributed by atoms with van der Waals surface area (Å²) in [5.74, 6) is -0.996. The van der Waals surface area contributed by atoms with Gasteiger partial charge in [0, 0.05) is 41.7 Å². The average molecular weight is 505 g/mol. The molecular formula is C28H38ClFN2O3. The Morgan fingerprint density at radius 2 is 1.80 bits per heavy atom. The molecule has 3 rings (SSSR count). The van der Waals surface area contributed by atoms with Gasteiger partial charge in [-0.05, 0) is 65.9 Å². The van der Waals surface area contributed by atoms with Crippen molar-refractivity contribution in [1.82, 2.24) is 4.98 Å². The number of anilines is 1. The van der Waals surface area contributed by atoms with Crippen molar-refractivity contribution in [2.45, 2.75) is 86.0 Å². The molecule has 0 N–H and O–H groups in total. The minimum Gasteiger partial charge on any atom is -0.461 e. The van der Waals surface area contributed by atoms with E-state index in [1.165, 1.54) is 6.07 Å². The molecule has 7 heteroatoms. The van der Waals surface area contributed by atoms with Crippen molar-refractivity contribution in [3.63, 3.8) is 0 Å². The van der Waals surface area contributed by atoms with E-state index in [2.05, 4.69) is 23.7 Å². The zero-order chi connectivity index (χ0) is 26.1. The molecule has 1 atom stereocenters. The lowest BCUT2D eigenvalue weighted by Crippen LogP contribution is -2.39. The number of piperidine rings is 1. The van der Waals surface area contributed by atoms with Crippen molar-refractivity contribution in [3.8, 4) is 11.1 Å². The standard InChI is InChI=1S/C28H38ClFN2O3/c1-17(2)34-26(33)25(35-27(4,5)6)22-18(3)31-16-20(19-10-9-11-21(29)23(19)30)24(22)32-14-12-28(7,8)13-15-32/h9-11,16-17,25H,12-15H2,1-8H3/t25-/m0/s1. The SMILES string of the molecule is Cc1ncc(-c2cccc(Cl)c2F)c(N2CCC(C)(C)CC2)c1[C@H](OC(C)(C)C)C(=O)OC(C)C. The van der Waals surface area contributed by atoms with Crippen LogP contribution in [0, 0.1) is 18.2 Å². The highest BCUT2D eigenvalue weighted by Gasteiger charge is 2.37. The predicted molar refractivity (Wildman–Crippen MR) is 139 cm³/mol. The van der Waals surface area contributed by atoms with Gasteiger partial charge in [-0.1, -0.05) is 37.6 Å². The Kier molecular flexibility index (Phi) is 8.17. The van der Waals surface area contributed by atoms with Crippen LogP contribution >= 0.6 is 11.6 Å². The van der Waals surface area contributed by atoms with Crippen molar-refractivity contribution in [2.24, 2.45) is 5.41 Å². The number of rotatable bonds is 6. The van der Waals surface area contributed by atoms with Gasteiger partial charge < -0.3 is 14.4 Å². The molecule has 0 saturated carbocycles. The second-order valence-electron chi connectivity index (χ2n) is 11.4. The highest BCUT2D eigenvalue weighted by atomic mass is 35.5. The molecule has 0 aliphatic carbocycles. The summed E-state index contributed by atoms with van der Waals surface area (Å²) >= 11 is 6.16. The minimum absolute atomic E-state index is 0.0389. The first kappa shape index (κ1) is 27.4. The summed E-state index contributed by atoms with van der Waals surface area (Å²) in [7, 11) is 0. The quantitative estimate of drug-likeness (QED) is 0.387. The lowest BCUT2D eigenvalue weighted by molar-refractivity contribution is -0.171. The number of hydrogen-bond acceptors (Lipinski definition) is 5. The molecule has 1 saturated heterocycles. The Balaban J connectivity index is 2.29. The summed E-state index contributed by atoms with van der Waals surface area (Å²) in [5.41, 5.74) is 2.52. The summed E-state index contributed by atoms with van der Waals surface area (Å²) in [5, 5.41) is 0.0389. The molecule has 1 fully saturated rings. The Hall–Kier alpha value is -2.18. The molecule has 1 aromatic carbocycles. The first-order chi connectivity index (χ1) is 16.2. The Morgan fingerprint density at radius 3 is 2.37 bits per heavy atom. The number of ether oxygens (including phenoxy) is 2. The largest absolute Gasteiger partial charge is 0.461 e. The highest BCUT2D eigenvalue weighted by Crippen LogP contribution is 2.44. The van der Waals surface area contributed by atoms with E-state index in [0.29, 0.717) is 22.4 Å². The van der Waals surface area contributed by atoms with Crippen molar-refractivity contribution >= 4 is 23.3 Å². The van der Waals surface area contributed by atoms with Gasteiger partial charge in [0.1, 0.15) is 5.82 Å². The first-order valence-corrected chi connectivity index (χ1v) is 12.6. The highest BCUT2D eigenvalue weighted by molar-refractivity contribution is 6.31. The summed E-state index contributed by atoms with van der Waals surface area (Å²) in [6.45, 7) is 17.2. The normalized spacial score (nSPS) is 16.9. The fourth-order valence-electron chi connectivity index (χ4n) is 4.38. The van der Waals surface area contributed by atoms with Gasteiger partial charge in [-0.2, -0.15) is 0 Å². The number of hydrogen-bond donors (Lipinski definition) is 0. The maximum Gasteiger partial charge on any atom is 0.340 e. The summed E-state index contributed by atoms with van der Waals surface area (Å²) in [6.07, 6.45) is 2.27. The minimum atomic E-state index is -1.02. The molecule has 0 amide bonds. The predicted octanol–water partition coefficient (Wildman–Crippen LogP) is 7.28. The molecule has 0 radical (unpaired) electrons. The van der Waals surface area contributed by atoms with Crippen LogP contribution in [0.5, 0.6) is 0 Å². The van der Waals surface area contributed by atoms with Crippen LogP contribution in [0.4, 0.5) is 10.1 Å². The van der Waals surface area contributed by atoms with Crippen molar-refractivity contribution < 1.29 is 18.7 Å². The van der Waals surface area contributed by atoms with E-state index in [1.807, 2.05) is 41.5 Å². The van der Waals surface area contributed by atoms with E-state index in [4.69, 9.17) is 21.1 Å². The molecule has 192 valence electrons. The number of aromatic nitrogens is 1. The molecule has 35 heavy (non-hydrogen) atoms. The number of carbonyl (C=O) groups is 1. The van der Waals surface area contributed by atoms with E-state index >= 15 is 4.39 Å². The Morgan fingerprint density at radius 1 is 1.17 bits per heavy atom. The number of benzene rings is 1. The third-order valence-corrected chi connectivity index (χ3v) is 6.55. The molecule has 0 bridgehead atoms.